The molecule has 0 bridgehead atoms. The first-order valence-corrected chi connectivity index (χ1v) is 21.7. The first-order valence-electron chi connectivity index (χ1n) is 21.7. The van der Waals surface area contributed by atoms with Crippen molar-refractivity contribution in [1.29, 1.82) is 0 Å². The van der Waals surface area contributed by atoms with E-state index in [0.717, 1.165) is 71.7 Å². The van der Waals surface area contributed by atoms with Gasteiger partial charge in [0.25, 0.3) is 0 Å². The Kier molecular flexibility index (Phi) is 7.77. The minimum absolute atomic E-state index is 0.0642. The number of furan rings is 2. The Morgan fingerprint density at radius 2 is 0.806 bits per heavy atom. The lowest BCUT2D eigenvalue weighted by Crippen LogP contribution is -2.28. The minimum atomic E-state index is 0.0642. The fourth-order valence-electron chi connectivity index (χ4n) is 10.7. The van der Waals surface area contributed by atoms with Gasteiger partial charge in [-0.25, -0.2) is 15.0 Å². The Hall–Kier alpha value is -7.63. The molecule has 1 fully saturated rings. The minimum Gasteiger partial charge on any atom is -0.456 e. The topological polar surface area (TPSA) is 65.0 Å². The van der Waals surface area contributed by atoms with Crippen LogP contribution in [-0.2, 0) is 5.41 Å². The lowest BCUT2D eigenvalue weighted by molar-refractivity contribution is 0.353. The summed E-state index contributed by atoms with van der Waals surface area (Å²) >= 11 is 0. The molecule has 3 heterocycles. The van der Waals surface area contributed by atoms with Crippen LogP contribution >= 0.6 is 0 Å². The maximum atomic E-state index is 6.32. The van der Waals surface area contributed by atoms with Crippen LogP contribution in [0.3, 0.4) is 0 Å². The zero-order valence-corrected chi connectivity index (χ0v) is 33.9. The predicted octanol–water partition coefficient (Wildman–Crippen LogP) is 15.2. The monoisotopic (exact) mass is 797 g/mol. The second-order valence-electron chi connectivity index (χ2n) is 17.0. The zero-order chi connectivity index (χ0) is 40.8. The molecule has 3 aromatic heterocycles. The molecule has 0 atom stereocenters. The van der Waals surface area contributed by atoms with Gasteiger partial charge < -0.3 is 8.83 Å². The van der Waals surface area contributed by atoms with Crippen LogP contribution in [0.25, 0.3) is 111 Å². The van der Waals surface area contributed by atoms with Crippen molar-refractivity contribution < 1.29 is 8.83 Å². The van der Waals surface area contributed by atoms with E-state index in [-0.39, 0.29) is 5.41 Å². The molecule has 11 aromatic rings. The van der Waals surface area contributed by atoms with Crippen molar-refractivity contribution in [3.63, 3.8) is 0 Å². The summed E-state index contributed by atoms with van der Waals surface area (Å²) in [7, 11) is 0. The summed E-state index contributed by atoms with van der Waals surface area (Å²) in [5.41, 5.74) is 16.6. The van der Waals surface area contributed by atoms with E-state index in [1.165, 1.54) is 65.5 Å². The third kappa shape index (κ3) is 5.44. The van der Waals surface area contributed by atoms with Crippen molar-refractivity contribution in [3.8, 4) is 67.5 Å². The fourth-order valence-corrected chi connectivity index (χ4v) is 10.7. The summed E-state index contributed by atoms with van der Waals surface area (Å²) in [6.45, 7) is 0. The van der Waals surface area contributed by atoms with Gasteiger partial charge in [0.2, 0.25) is 0 Å². The summed E-state index contributed by atoms with van der Waals surface area (Å²) in [5, 5.41) is 4.29. The molecule has 8 aromatic carbocycles. The molecular formula is C57H39N3O2. The molecule has 1 saturated carbocycles. The van der Waals surface area contributed by atoms with Crippen molar-refractivity contribution in [2.45, 2.75) is 37.5 Å². The average Bonchev–Trinajstić information content (AvgIpc) is 3.99. The molecule has 2 aliphatic rings. The highest BCUT2D eigenvalue weighted by molar-refractivity contribution is 6.07. The quantitative estimate of drug-likeness (QED) is 0.174. The first kappa shape index (κ1) is 35.2. The summed E-state index contributed by atoms with van der Waals surface area (Å²) < 4.78 is 12.6. The molecule has 294 valence electrons. The number of fused-ring (bicyclic) bond motifs is 11. The van der Waals surface area contributed by atoms with Crippen LogP contribution in [0.5, 0.6) is 0 Å². The third-order valence-electron chi connectivity index (χ3n) is 13.5. The van der Waals surface area contributed by atoms with E-state index in [9.17, 15) is 0 Å². The number of benzene rings is 8. The third-order valence-corrected chi connectivity index (χ3v) is 13.5. The van der Waals surface area contributed by atoms with Crippen LogP contribution < -0.4 is 0 Å². The molecular weight excluding hydrogens is 759 g/mol. The average molecular weight is 798 g/mol. The van der Waals surface area contributed by atoms with Gasteiger partial charge in [0.1, 0.15) is 22.3 Å². The molecule has 0 aliphatic heterocycles. The molecule has 62 heavy (non-hydrogen) atoms. The molecule has 13 rings (SSSR count). The van der Waals surface area contributed by atoms with Gasteiger partial charge in [-0.3, -0.25) is 0 Å². The molecule has 5 heteroatoms. The van der Waals surface area contributed by atoms with Gasteiger partial charge in [-0.1, -0.05) is 147 Å². The second kappa shape index (κ2) is 13.7. The standard InChI is InChI=1S/C57H39N3O2/c1-8-29-57(30-9-1)48-22-5-2-17-42(48)47-21-12-20-41(53(47)57)37-15-10-13-35(31-37)36-14-11-16-38(32-36)54-58-55(39-25-27-45-43-18-3-6-23-49(43)61-51(45)33-39)60-56(59-54)40-26-28-46-44-19-4-7-24-50(44)62-52(46)34-40/h2-7,10-28,31-34H,1,8-9,29-30H2. The van der Waals surface area contributed by atoms with E-state index in [0.29, 0.717) is 17.5 Å². The Morgan fingerprint density at radius 3 is 1.45 bits per heavy atom. The number of hydrogen-bond donors (Lipinski definition) is 0. The number of nitrogens with zero attached hydrogens (tertiary/aromatic N) is 3. The Morgan fingerprint density at radius 1 is 0.339 bits per heavy atom. The van der Waals surface area contributed by atoms with Crippen LogP contribution in [0.4, 0.5) is 0 Å². The number of rotatable bonds is 5. The smallest absolute Gasteiger partial charge is 0.164 e. The Balaban J connectivity index is 0.934. The largest absolute Gasteiger partial charge is 0.456 e. The van der Waals surface area contributed by atoms with E-state index < -0.39 is 0 Å². The van der Waals surface area contributed by atoms with E-state index in [2.05, 4.69) is 127 Å². The lowest BCUT2D eigenvalue weighted by Gasteiger charge is -2.37. The summed E-state index contributed by atoms with van der Waals surface area (Å²) in [6.07, 6.45) is 6.23. The Labute approximate surface area is 358 Å². The highest BCUT2D eigenvalue weighted by atomic mass is 16.3. The van der Waals surface area contributed by atoms with Crippen molar-refractivity contribution in [3.05, 3.63) is 187 Å². The molecule has 1 spiro atoms. The van der Waals surface area contributed by atoms with Crippen molar-refractivity contribution in [2.24, 2.45) is 0 Å². The predicted molar refractivity (Wildman–Crippen MR) is 251 cm³/mol. The molecule has 2 aliphatic carbocycles. The van der Waals surface area contributed by atoms with Crippen LogP contribution in [0, 0.1) is 0 Å². The molecule has 0 N–H and O–H groups in total. The molecule has 0 unspecified atom stereocenters. The zero-order valence-electron chi connectivity index (χ0n) is 33.9. The van der Waals surface area contributed by atoms with Gasteiger partial charge >= 0.3 is 0 Å². The number of aromatic nitrogens is 3. The molecule has 0 radical (unpaired) electrons. The van der Waals surface area contributed by atoms with E-state index in [4.69, 9.17) is 23.8 Å². The van der Waals surface area contributed by atoms with Gasteiger partial charge in [-0.15, -0.1) is 0 Å². The summed E-state index contributed by atoms with van der Waals surface area (Å²) in [4.78, 5) is 15.5. The highest BCUT2D eigenvalue weighted by Gasteiger charge is 2.45. The van der Waals surface area contributed by atoms with Crippen molar-refractivity contribution >= 4 is 43.9 Å². The van der Waals surface area contributed by atoms with Crippen LogP contribution in [0.15, 0.2) is 185 Å². The van der Waals surface area contributed by atoms with Gasteiger partial charge in [0, 0.05) is 43.7 Å². The number of para-hydroxylation sites is 2. The van der Waals surface area contributed by atoms with Crippen molar-refractivity contribution in [2.75, 3.05) is 0 Å². The van der Waals surface area contributed by atoms with Gasteiger partial charge in [0.05, 0.1) is 0 Å². The highest BCUT2D eigenvalue weighted by Crippen LogP contribution is 2.58. The Bertz CT molecular complexity index is 3460. The van der Waals surface area contributed by atoms with E-state index in [1.54, 1.807) is 0 Å². The van der Waals surface area contributed by atoms with Gasteiger partial charge in [-0.2, -0.15) is 0 Å². The van der Waals surface area contributed by atoms with Crippen LogP contribution in [0.1, 0.15) is 43.2 Å². The fraction of sp³-hybridized carbons (Fsp3) is 0.105. The van der Waals surface area contributed by atoms with Crippen LogP contribution in [-0.4, -0.2) is 15.0 Å². The van der Waals surface area contributed by atoms with Crippen LogP contribution in [0.2, 0.25) is 0 Å². The molecule has 0 amide bonds. The first-order chi connectivity index (χ1) is 30.7. The normalized spacial score (nSPS) is 14.3. The summed E-state index contributed by atoms with van der Waals surface area (Å²) in [6, 6.07) is 62.4. The maximum absolute atomic E-state index is 6.32. The van der Waals surface area contributed by atoms with E-state index in [1.807, 2.05) is 48.5 Å². The van der Waals surface area contributed by atoms with E-state index >= 15 is 0 Å². The molecule has 5 nitrogen and oxygen atoms in total. The summed E-state index contributed by atoms with van der Waals surface area (Å²) in [5.74, 6) is 1.73. The SMILES string of the molecule is c1cc(-c2cccc(-c3cccc4c3C3(CCCCC3)c3ccccc3-4)c2)cc(-c2nc(-c3ccc4c(c3)oc3ccccc34)nc(-c3ccc4c(c3)oc3ccccc34)n2)c1. The van der Waals surface area contributed by atoms with Gasteiger partial charge in [0.15, 0.2) is 17.5 Å². The second-order valence-corrected chi connectivity index (χ2v) is 17.0. The number of hydrogen-bond acceptors (Lipinski definition) is 5. The molecule has 0 saturated heterocycles. The van der Waals surface area contributed by atoms with Gasteiger partial charge in [-0.05, 0) is 106 Å². The maximum Gasteiger partial charge on any atom is 0.164 e. The van der Waals surface area contributed by atoms with Crippen molar-refractivity contribution in [1.82, 2.24) is 15.0 Å². The lowest BCUT2D eigenvalue weighted by atomic mass is 9.66.